The molecular weight excluding hydrogens is 310 g/mol. The predicted molar refractivity (Wildman–Crippen MR) is 103 cm³/mol. The maximum absolute atomic E-state index is 12.5. The van der Waals surface area contributed by atoms with Crippen LogP contribution in [0.15, 0.2) is 18.2 Å². The molecule has 0 radical (unpaired) electrons. The van der Waals surface area contributed by atoms with E-state index in [4.69, 9.17) is 0 Å². The van der Waals surface area contributed by atoms with Crippen molar-refractivity contribution in [2.24, 2.45) is 0 Å². The van der Waals surface area contributed by atoms with E-state index in [1.807, 2.05) is 0 Å². The molecule has 0 bridgehead atoms. The summed E-state index contributed by atoms with van der Waals surface area (Å²) >= 11 is 0. The van der Waals surface area contributed by atoms with Crippen LogP contribution in [0.4, 0.5) is 0 Å². The quantitative estimate of drug-likeness (QED) is 0.841. The largest absolute Gasteiger partial charge is 0.342 e. The second kappa shape index (κ2) is 8.81. The summed E-state index contributed by atoms with van der Waals surface area (Å²) in [5, 5.41) is 0. The Hall–Kier alpha value is -1.39. The molecule has 0 saturated carbocycles. The summed E-state index contributed by atoms with van der Waals surface area (Å²) in [6.45, 7) is 12.0. The first-order chi connectivity index (χ1) is 12.1. The Bertz CT molecular complexity index is 550. The lowest BCUT2D eigenvalue weighted by Crippen LogP contribution is -2.49. The monoisotopic (exact) mass is 343 g/mol. The van der Waals surface area contributed by atoms with Crippen molar-refractivity contribution >= 4 is 5.91 Å². The Morgan fingerprint density at radius 2 is 1.36 bits per heavy atom. The zero-order valence-electron chi connectivity index (χ0n) is 16.0. The molecule has 2 aliphatic rings. The molecule has 4 nitrogen and oxygen atoms in total. The van der Waals surface area contributed by atoms with Gasteiger partial charge < -0.3 is 4.90 Å². The van der Waals surface area contributed by atoms with Gasteiger partial charge in [-0.3, -0.25) is 14.6 Å². The van der Waals surface area contributed by atoms with Crippen LogP contribution in [0.25, 0.3) is 0 Å². The fourth-order valence-corrected chi connectivity index (χ4v) is 4.14. The van der Waals surface area contributed by atoms with E-state index < -0.39 is 0 Å². The maximum Gasteiger partial charge on any atom is 0.236 e. The Balaban J connectivity index is 1.44. The van der Waals surface area contributed by atoms with Crippen LogP contribution in [-0.2, 0) is 11.3 Å². The highest BCUT2D eigenvalue weighted by molar-refractivity contribution is 5.78. The Morgan fingerprint density at radius 1 is 0.800 bits per heavy atom. The van der Waals surface area contributed by atoms with Gasteiger partial charge in [0, 0.05) is 45.8 Å². The number of nitrogens with zero attached hydrogens (tertiary/aromatic N) is 3. The number of likely N-dealkylation sites (tertiary alicyclic amines) is 1. The molecule has 2 aliphatic heterocycles. The van der Waals surface area contributed by atoms with Gasteiger partial charge in [0.2, 0.25) is 5.91 Å². The second-order valence-corrected chi connectivity index (χ2v) is 7.84. The standard InChI is InChI=1S/C21H33N3O/c1-18-13-19(2)15-20(14-18)16-22-9-11-23(12-10-22)17-21(25)24-7-5-3-4-6-8-24/h13-15H,3-12,16-17H2,1-2H3. The fourth-order valence-electron chi connectivity index (χ4n) is 4.14. The molecule has 3 rings (SSSR count). The number of hydrogen-bond acceptors (Lipinski definition) is 3. The average molecular weight is 344 g/mol. The highest BCUT2D eigenvalue weighted by atomic mass is 16.2. The number of piperazine rings is 1. The van der Waals surface area contributed by atoms with Crippen LogP contribution in [0, 0.1) is 13.8 Å². The summed E-state index contributed by atoms with van der Waals surface area (Å²) in [6, 6.07) is 6.82. The number of carbonyl (C=O) groups excluding carboxylic acids is 1. The first-order valence-electron chi connectivity index (χ1n) is 9.90. The lowest BCUT2D eigenvalue weighted by Gasteiger charge is -2.35. The minimum Gasteiger partial charge on any atom is -0.342 e. The molecule has 1 aromatic carbocycles. The molecule has 0 aromatic heterocycles. The van der Waals surface area contributed by atoms with E-state index in [0.717, 1.165) is 45.8 Å². The van der Waals surface area contributed by atoms with E-state index in [-0.39, 0.29) is 0 Å². The van der Waals surface area contributed by atoms with E-state index in [1.54, 1.807) is 0 Å². The molecule has 0 spiro atoms. The van der Waals surface area contributed by atoms with Gasteiger partial charge in [0.1, 0.15) is 0 Å². The van der Waals surface area contributed by atoms with Gasteiger partial charge in [-0.25, -0.2) is 0 Å². The molecule has 25 heavy (non-hydrogen) atoms. The minimum atomic E-state index is 0.338. The van der Waals surface area contributed by atoms with Gasteiger partial charge in [-0.2, -0.15) is 0 Å². The number of rotatable bonds is 4. The molecule has 0 unspecified atom stereocenters. The number of carbonyl (C=O) groups is 1. The molecule has 2 heterocycles. The van der Waals surface area contributed by atoms with Gasteiger partial charge >= 0.3 is 0 Å². The van der Waals surface area contributed by atoms with Crippen molar-refractivity contribution in [3.63, 3.8) is 0 Å². The molecule has 138 valence electrons. The first kappa shape index (κ1) is 18.4. The third kappa shape index (κ3) is 5.55. The first-order valence-corrected chi connectivity index (χ1v) is 9.90. The predicted octanol–water partition coefficient (Wildman–Crippen LogP) is 2.82. The number of amides is 1. The zero-order chi connectivity index (χ0) is 17.6. The van der Waals surface area contributed by atoms with E-state index in [9.17, 15) is 4.79 Å². The molecule has 0 aliphatic carbocycles. The fraction of sp³-hybridized carbons (Fsp3) is 0.667. The summed E-state index contributed by atoms with van der Waals surface area (Å²) in [5.41, 5.74) is 4.10. The van der Waals surface area contributed by atoms with Crippen molar-refractivity contribution in [2.45, 2.75) is 46.1 Å². The topological polar surface area (TPSA) is 26.8 Å². The average Bonchev–Trinajstić information content (AvgIpc) is 2.85. The smallest absolute Gasteiger partial charge is 0.236 e. The summed E-state index contributed by atoms with van der Waals surface area (Å²) in [7, 11) is 0. The molecule has 1 aromatic rings. The van der Waals surface area contributed by atoms with Crippen molar-refractivity contribution in [1.82, 2.24) is 14.7 Å². The van der Waals surface area contributed by atoms with Crippen molar-refractivity contribution in [3.05, 3.63) is 34.9 Å². The van der Waals surface area contributed by atoms with Crippen LogP contribution in [0.1, 0.15) is 42.4 Å². The van der Waals surface area contributed by atoms with Crippen molar-refractivity contribution in [1.29, 1.82) is 0 Å². The number of benzene rings is 1. The Kier molecular flexibility index (Phi) is 6.49. The molecule has 0 N–H and O–H groups in total. The molecular formula is C21H33N3O. The van der Waals surface area contributed by atoms with Crippen LogP contribution in [0.5, 0.6) is 0 Å². The molecule has 2 fully saturated rings. The number of hydrogen-bond donors (Lipinski definition) is 0. The second-order valence-electron chi connectivity index (χ2n) is 7.84. The van der Waals surface area contributed by atoms with Crippen LogP contribution < -0.4 is 0 Å². The number of aryl methyl sites for hydroxylation is 2. The zero-order valence-corrected chi connectivity index (χ0v) is 16.0. The van der Waals surface area contributed by atoms with Gasteiger partial charge in [-0.15, -0.1) is 0 Å². The molecule has 0 atom stereocenters. The van der Waals surface area contributed by atoms with Crippen LogP contribution in [0.2, 0.25) is 0 Å². The Labute approximate surface area is 152 Å². The highest BCUT2D eigenvalue weighted by Crippen LogP contribution is 2.14. The van der Waals surface area contributed by atoms with Gasteiger partial charge in [-0.05, 0) is 32.3 Å². The Morgan fingerprint density at radius 3 is 1.96 bits per heavy atom. The summed E-state index contributed by atoms with van der Waals surface area (Å²) in [6.07, 6.45) is 4.91. The molecule has 2 saturated heterocycles. The lowest BCUT2D eigenvalue weighted by atomic mass is 10.1. The van der Waals surface area contributed by atoms with E-state index >= 15 is 0 Å². The van der Waals surface area contributed by atoms with Gasteiger partial charge in [-0.1, -0.05) is 42.2 Å². The summed E-state index contributed by atoms with van der Waals surface area (Å²) in [5.74, 6) is 0.338. The van der Waals surface area contributed by atoms with Crippen LogP contribution in [0.3, 0.4) is 0 Å². The third-order valence-corrected chi connectivity index (χ3v) is 5.47. The van der Waals surface area contributed by atoms with Crippen LogP contribution in [-0.4, -0.2) is 66.4 Å². The van der Waals surface area contributed by atoms with Gasteiger partial charge in [0.05, 0.1) is 6.54 Å². The van der Waals surface area contributed by atoms with E-state index in [2.05, 4.69) is 46.7 Å². The van der Waals surface area contributed by atoms with Crippen molar-refractivity contribution < 1.29 is 4.79 Å². The molecule has 1 amide bonds. The highest BCUT2D eigenvalue weighted by Gasteiger charge is 2.22. The minimum absolute atomic E-state index is 0.338. The molecule has 4 heteroatoms. The maximum atomic E-state index is 12.5. The normalized spacial score (nSPS) is 20.5. The summed E-state index contributed by atoms with van der Waals surface area (Å²) < 4.78 is 0. The van der Waals surface area contributed by atoms with E-state index in [0.29, 0.717) is 12.5 Å². The third-order valence-electron chi connectivity index (χ3n) is 5.47. The van der Waals surface area contributed by atoms with Crippen molar-refractivity contribution in [3.8, 4) is 0 Å². The summed E-state index contributed by atoms with van der Waals surface area (Å²) in [4.78, 5) is 19.5. The van der Waals surface area contributed by atoms with Crippen LogP contribution >= 0.6 is 0 Å². The van der Waals surface area contributed by atoms with Crippen molar-refractivity contribution in [2.75, 3.05) is 45.8 Å². The SMILES string of the molecule is Cc1cc(C)cc(CN2CCN(CC(=O)N3CCCCCC3)CC2)c1. The van der Waals surface area contributed by atoms with E-state index in [1.165, 1.54) is 42.4 Å². The van der Waals surface area contributed by atoms with Gasteiger partial charge in [0.25, 0.3) is 0 Å². The lowest BCUT2D eigenvalue weighted by molar-refractivity contribution is -0.132. The van der Waals surface area contributed by atoms with Gasteiger partial charge in [0.15, 0.2) is 0 Å².